The molecule has 0 fully saturated rings. The molecule has 3 atom stereocenters. The second-order valence-corrected chi connectivity index (χ2v) is 19.1. The van der Waals surface area contributed by atoms with Crippen LogP contribution in [0.2, 0.25) is 5.02 Å². The molecule has 0 aliphatic heterocycles. The van der Waals surface area contributed by atoms with E-state index in [9.17, 15) is 44.5 Å². The summed E-state index contributed by atoms with van der Waals surface area (Å²) >= 11 is 6.20. The number of hydrogen-bond donors (Lipinski definition) is 4. The number of fused-ring (bicyclic) bond motifs is 2. The highest BCUT2D eigenvalue weighted by atomic mass is 35.5. The largest absolute Gasteiger partial charge is 0.615 e. The molecule has 0 bridgehead atoms. The summed E-state index contributed by atoms with van der Waals surface area (Å²) in [6.07, 6.45) is -7.21. The molecule has 2 aromatic heterocycles. The Bertz CT molecular complexity index is 2600. The average Bonchev–Trinajstić information content (AvgIpc) is 3.67. The molecule has 2 unspecified atom stereocenters. The molecule has 2 aliphatic rings. The van der Waals surface area contributed by atoms with Gasteiger partial charge in [-0.25, -0.2) is 18.6 Å². The molecular weight excluding hydrogens is 936 g/mol. The van der Waals surface area contributed by atoms with Crippen LogP contribution in [0.5, 0.6) is 0 Å². The quantitative estimate of drug-likeness (QED) is 0.0368. The second kappa shape index (κ2) is 18.9. The minimum absolute atomic E-state index is 0.00458. The van der Waals surface area contributed by atoms with Crippen LogP contribution in [0.1, 0.15) is 80.6 Å². The maximum Gasteiger partial charge on any atom is 0.433 e. The van der Waals surface area contributed by atoms with Gasteiger partial charge in [-0.05, 0) is 117 Å². The summed E-state index contributed by atoms with van der Waals surface area (Å²) < 4.78 is 161. The molecule has 4 aromatic rings. The molecule has 0 saturated heterocycles. The Hall–Kier alpha value is -4.65. The maximum absolute atomic E-state index is 15.9. The van der Waals surface area contributed by atoms with Gasteiger partial charge in [0.05, 0.1) is 39.6 Å². The first-order valence-corrected chi connectivity index (χ1v) is 23.2. The Balaban J connectivity index is 1.68. The zero-order valence-corrected chi connectivity index (χ0v) is 37.7. The average molecular weight is 978 g/mol. The van der Waals surface area contributed by atoms with Crippen molar-refractivity contribution in [1.29, 1.82) is 5.41 Å². The third kappa shape index (κ3) is 10.7. The fourth-order valence-corrected chi connectivity index (χ4v) is 8.81. The van der Waals surface area contributed by atoms with Crippen LogP contribution >= 0.6 is 23.5 Å². The van der Waals surface area contributed by atoms with E-state index in [1.807, 2.05) is 5.32 Å². The third-order valence-corrected chi connectivity index (χ3v) is 13.5. The highest BCUT2D eigenvalue weighted by Crippen LogP contribution is 2.48. The van der Waals surface area contributed by atoms with E-state index in [4.69, 9.17) is 22.0 Å². The number of hydrogen-bond acceptors (Lipinski definition) is 7. The van der Waals surface area contributed by atoms with E-state index in [1.54, 1.807) is 20.1 Å². The molecule has 2 aromatic carbocycles. The minimum Gasteiger partial charge on any atom is -0.615 e. The van der Waals surface area contributed by atoms with E-state index in [0.717, 1.165) is 24.1 Å². The first kappa shape index (κ1) is 49.8. The van der Waals surface area contributed by atoms with Crippen molar-refractivity contribution in [2.45, 2.75) is 101 Å². The molecule has 350 valence electrons. The van der Waals surface area contributed by atoms with Gasteiger partial charge < -0.3 is 19.9 Å². The Labute approximate surface area is 379 Å². The van der Waals surface area contributed by atoms with Gasteiger partial charge in [-0.15, -0.1) is 0 Å². The first-order valence-electron chi connectivity index (χ1n) is 20.0. The number of carbonyl (C=O) groups is 1. The molecule has 2 amide bonds. The van der Waals surface area contributed by atoms with Crippen molar-refractivity contribution in [1.82, 2.24) is 25.4 Å². The highest BCUT2D eigenvalue weighted by molar-refractivity contribution is 7.99. The highest BCUT2D eigenvalue weighted by Gasteiger charge is 2.54. The number of rotatable bonds is 12. The molecule has 0 radical (unpaired) electrons. The number of aromatic nitrogens is 3. The molecule has 22 heteroatoms. The van der Waals surface area contributed by atoms with Gasteiger partial charge in [0.1, 0.15) is 29.6 Å². The second-order valence-electron chi connectivity index (χ2n) is 16.1. The van der Waals surface area contributed by atoms with E-state index < -0.39 is 100 Å². The summed E-state index contributed by atoms with van der Waals surface area (Å²) in [6, 6.07) is 2.03. The number of benzene rings is 2. The van der Waals surface area contributed by atoms with Crippen LogP contribution in [0.15, 0.2) is 41.6 Å². The normalized spacial score (nSPS) is 17.3. The Morgan fingerprint density at radius 3 is 2.32 bits per heavy atom. The zero-order chi connectivity index (χ0) is 48.0. The molecule has 0 spiro atoms. The lowest BCUT2D eigenvalue weighted by atomic mass is 9.82. The number of nitrogens with one attached hydrogen (secondary N) is 4. The summed E-state index contributed by atoms with van der Waals surface area (Å²) in [5, 5.41) is 16.4. The van der Waals surface area contributed by atoms with Crippen LogP contribution in [0, 0.1) is 34.8 Å². The number of pyridine rings is 1. The number of halogens is 11. The number of nitrogens with zero attached hydrogens (tertiary/aromatic N) is 3. The molecule has 65 heavy (non-hydrogen) atoms. The van der Waals surface area contributed by atoms with Gasteiger partial charge >= 0.3 is 18.4 Å². The van der Waals surface area contributed by atoms with E-state index in [0.29, 0.717) is 41.1 Å². The smallest absolute Gasteiger partial charge is 0.433 e. The standard InChI is InChI=1S/C43H42ClF10N7O2S2/c1-6-22-18-28(36(55)43(52,53)54)37(42(22,50)51)58-39(62)57-31(17-21-15-23(45)19-24(46)16-21)34-32(26-10-8-7-9-25(26)30(56-34)13-14-40(2,3)65(5)63)27-11-12-29(44)33-35(27)61(20-41(47,48)49)59-38(33)60-64-4/h11-12,15-16,19,22,31,55H,6-10,17-18,20H2,1-5H3,(H,59,60)(H2,57,58,62)/t22-,31?,65?/m1/s1. The lowest BCUT2D eigenvalue weighted by Gasteiger charge is -2.29. The van der Waals surface area contributed by atoms with Crippen molar-refractivity contribution < 1.29 is 53.3 Å². The van der Waals surface area contributed by atoms with E-state index in [1.165, 1.54) is 25.3 Å². The fourth-order valence-electron chi connectivity index (χ4n) is 8.04. The molecule has 9 nitrogen and oxygen atoms in total. The number of amides is 2. The van der Waals surface area contributed by atoms with Crippen molar-refractivity contribution in [3.05, 3.63) is 86.3 Å². The summed E-state index contributed by atoms with van der Waals surface area (Å²) in [6.45, 7) is 2.93. The van der Waals surface area contributed by atoms with Gasteiger partial charge in [0.25, 0.3) is 5.92 Å². The van der Waals surface area contributed by atoms with Crippen LogP contribution in [-0.4, -0.2) is 66.6 Å². The Morgan fingerprint density at radius 2 is 1.74 bits per heavy atom. The summed E-state index contributed by atoms with van der Waals surface area (Å²) in [5.41, 5.74) is -3.87. The predicted octanol–water partition coefficient (Wildman–Crippen LogP) is 11.2. The Morgan fingerprint density at radius 1 is 1.09 bits per heavy atom. The number of alkyl halides is 8. The van der Waals surface area contributed by atoms with Crippen molar-refractivity contribution >= 4 is 63.2 Å². The molecule has 4 N–H and O–H groups in total. The number of anilines is 1. The van der Waals surface area contributed by atoms with Crippen LogP contribution in [-0.2, 0) is 37.0 Å². The van der Waals surface area contributed by atoms with Crippen LogP contribution in [0.4, 0.5) is 54.5 Å². The number of allylic oxidation sites excluding steroid dienone is 2. The van der Waals surface area contributed by atoms with Gasteiger partial charge in [0, 0.05) is 34.9 Å². The predicted molar refractivity (Wildman–Crippen MR) is 231 cm³/mol. The van der Waals surface area contributed by atoms with Crippen LogP contribution < -0.4 is 15.4 Å². The van der Waals surface area contributed by atoms with Crippen molar-refractivity contribution in [3.63, 3.8) is 0 Å². The van der Waals surface area contributed by atoms with E-state index in [-0.39, 0.29) is 62.7 Å². The first-order chi connectivity index (χ1) is 30.3. The van der Waals surface area contributed by atoms with Gasteiger partial charge in [0.2, 0.25) is 0 Å². The Kier molecular flexibility index (Phi) is 14.5. The van der Waals surface area contributed by atoms with Crippen molar-refractivity contribution in [2.75, 3.05) is 17.2 Å². The van der Waals surface area contributed by atoms with Crippen LogP contribution in [0.25, 0.3) is 22.0 Å². The van der Waals surface area contributed by atoms with Gasteiger partial charge in [-0.2, -0.15) is 40.2 Å². The SMILES string of the molecule is CC[C@@H]1CC(C(=N)C(F)(F)F)=C(NC(=O)NC(Cc2cc(F)cc(F)c2)c2nc(C#CC(C)(C)[S+](C)[O-])c3c(c2-c2ccc(Cl)c4c(NSC)nn(CC(F)(F)F)c24)CCCC3)C1(F)F. The fraction of sp³-hybridized carbons (Fsp3) is 0.442. The van der Waals surface area contributed by atoms with Gasteiger partial charge in [-0.1, -0.05) is 36.5 Å². The molecular formula is C43H42ClF10N7O2S2. The lowest BCUT2D eigenvalue weighted by molar-refractivity contribution is -0.141. The molecule has 0 saturated carbocycles. The molecule has 6 rings (SSSR count). The molecule has 2 heterocycles. The van der Waals surface area contributed by atoms with Gasteiger partial charge in [0.15, 0.2) is 10.6 Å². The maximum atomic E-state index is 15.9. The zero-order valence-electron chi connectivity index (χ0n) is 35.3. The van der Waals surface area contributed by atoms with Crippen molar-refractivity contribution in [3.8, 4) is 23.0 Å². The number of urea groups is 1. The summed E-state index contributed by atoms with van der Waals surface area (Å²) in [7, 11) is 0. The summed E-state index contributed by atoms with van der Waals surface area (Å²) in [4.78, 5) is 19.1. The lowest BCUT2D eigenvalue weighted by Crippen LogP contribution is -2.44. The minimum atomic E-state index is -5.37. The van der Waals surface area contributed by atoms with Gasteiger partial charge in [-0.3, -0.25) is 10.1 Å². The monoisotopic (exact) mass is 977 g/mol. The molecule has 2 aliphatic carbocycles. The van der Waals surface area contributed by atoms with Crippen LogP contribution in [0.3, 0.4) is 0 Å². The topological polar surface area (TPSA) is 131 Å². The van der Waals surface area contributed by atoms with E-state index >= 15 is 8.78 Å². The third-order valence-electron chi connectivity index (χ3n) is 11.3. The van der Waals surface area contributed by atoms with E-state index in [2.05, 4.69) is 27.0 Å². The number of carbonyl (C=O) groups excluding carboxylic acids is 1. The summed E-state index contributed by atoms with van der Waals surface area (Å²) in [5.74, 6) is -1.98. The van der Waals surface area contributed by atoms with Crippen molar-refractivity contribution in [2.24, 2.45) is 5.92 Å².